The Balaban J connectivity index is 1.41. The Morgan fingerprint density at radius 3 is 2.37 bits per heavy atom. The molecule has 7 nitrogen and oxygen atoms in total. The molecule has 1 aromatic heterocycles. The highest BCUT2D eigenvalue weighted by Crippen LogP contribution is 2.25. The molecule has 0 fully saturated rings. The monoisotopic (exact) mass is 507 g/mol. The van der Waals surface area contributed by atoms with Crippen LogP contribution in [-0.4, -0.2) is 28.6 Å². The van der Waals surface area contributed by atoms with Crippen LogP contribution < -0.4 is 15.2 Å². The number of carbonyl (C=O) groups excluding carboxylic acids is 2. The lowest BCUT2D eigenvalue weighted by Gasteiger charge is -2.19. The van der Waals surface area contributed by atoms with Crippen LogP contribution in [0.2, 0.25) is 0 Å². The van der Waals surface area contributed by atoms with Gasteiger partial charge in [-0.05, 0) is 44.0 Å². The van der Waals surface area contributed by atoms with Crippen LogP contribution in [0.3, 0.4) is 0 Å². The molecular weight excluding hydrogens is 476 g/mol. The van der Waals surface area contributed by atoms with Crippen LogP contribution in [0.15, 0.2) is 91.1 Å². The molecule has 0 saturated heterocycles. The fourth-order valence-corrected chi connectivity index (χ4v) is 4.51. The van der Waals surface area contributed by atoms with E-state index in [-0.39, 0.29) is 5.91 Å². The van der Waals surface area contributed by atoms with Crippen molar-refractivity contribution in [2.45, 2.75) is 45.3 Å². The molecule has 1 atom stereocenters. The van der Waals surface area contributed by atoms with Crippen molar-refractivity contribution in [2.75, 3.05) is 10.6 Å². The standard InChI is InChI=1S/C31H30N4O3/c1-31(2,3)38-30(37)32-24-16-10-13-22(17-24)19-26-29(36)35-20-27(23-14-8-5-9-15-23)33-25(28(35)34-26)18-21-11-6-4-7-12-21/h4-17,20,26H,18-19H2,1-3H3,(H,32,37)/p+1. The van der Waals surface area contributed by atoms with E-state index in [0.29, 0.717) is 24.3 Å². The lowest BCUT2D eigenvalue weighted by Crippen LogP contribution is -2.44. The van der Waals surface area contributed by atoms with Gasteiger partial charge < -0.3 is 4.74 Å². The van der Waals surface area contributed by atoms with Crippen LogP contribution in [0.5, 0.6) is 0 Å². The van der Waals surface area contributed by atoms with Gasteiger partial charge in [-0.2, -0.15) is 4.57 Å². The number of hydrogen-bond donors (Lipinski definition) is 2. The summed E-state index contributed by atoms with van der Waals surface area (Å²) in [6.45, 7) is 5.46. The molecule has 3 aromatic carbocycles. The number of aromatic nitrogens is 2. The number of amides is 1. The number of hydrogen-bond acceptors (Lipinski definition) is 5. The van der Waals surface area contributed by atoms with Crippen LogP contribution in [0.25, 0.3) is 11.3 Å². The van der Waals surface area contributed by atoms with Crippen LogP contribution >= 0.6 is 0 Å². The number of nitrogens with zero attached hydrogens (tertiary/aromatic N) is 2. The summed E-state index contributed by atoms with van der Waals surface area (Å²) >= 11 is 0. The third-order valence-electron chi connectivity index (χ3n) is 6.16. The molecule has 38 heavy (non-hydrogen) atoms. The van der Waals surface area contributed by atoms with Gasteiger partial charge in [0.25, 0.3) is 0 Å². The van der Waals surface area contributed by atoms with E-state index < -0.39 is 17.7 Å². The third-order valence-corrected chi connectivity index (χ3v) is 6.16. The van der Waals surface area contributed by atoms with E-state index >= 15 is 0 Å². The third kappa shape index (κ3) is 5.89. The van der Waals surface area contributed by atoms with Gasteiger partial charge in [0.2, 0.25) is 0 Å². The number of nitrogens with one attached hydrogen (secondary N) is 2. The van der Waals surface area contributed by atoms with E-state index in [2.05, 4.69) is 22.8 Å². The molecule has 1 unspecified atom stereocenters. The molecule has 192 valence electrons. The Bertz CT molecular complexity index is 1460. The molecule has 4 aromatic rings. The fourth-order valence-electron chi connectivity index (χ4n) is 4.51. The largest absolute Gasteiger partial charge is 0.444 e. The van der Waals surface area contributed by atoms with E-state index in [0.717, 1.165) is 28.1 Å². The minimum atomic E-state index is -0.588. The number of rotatable bonds is 6. The van der Waals surface area contributed by atoms with Gasteiger partial charge in [-0.1, -0.05) is 72.8 Å². The Labute approximate surface area is 222 Å². The van der Waals surface area contributed by atoms with Crippen LogP contribution in [0, 0.1) is 0 Å². The zero-order valence-corrected chi connectivity index (χ0v) is 21.8. The van der Waals surface area contributed by atoms with Gasteiger partial charge >= 0.3 is 17.8 Å². The summed E-state index contributed by atoms with van der Waals surface area (Å²) in [5.74, 6) is 0.672. The molecule has 0 saturated carbocycles. The second-order valence-electron chi connectivity index (χ2n) is 10.4. The maximum Gasteiger partial charge on any atom is 0.412 e. The highest BCUT2D eigenvalue weighted by atomic mass is 16.6. The predicted molar refractivity (Wildman–Crippen MR) is 147 cm³/mol. The van der Waals surface area contributed by atoms with Gasteiger partial charge in [-0.3, -0.25) is 10.6 Å². The molecule has 0 spiro atoms. The summed E-state index contributed by atoms with van der Waals surface area (Å²) in [6, 6.07) is 27.0. The van der Waals surface area contributed by atoms with E-state index in [4.69, 9.17) is 9.72 Å². The van der Waals surface area contributed by atoms with Gasteiger partial charge in [0.05, 0.1) is 0 Å². The number of fused-ring (bicyclic) bond motifs is 1. The molecule has 2 heterocycles. The average Bonchev–Trinajstić information content (AvgIpc) is 3.19. The molecule has 1 amide bonds. The second-order valence-corrected chi connectivity index (χ2v) is 10.4. The van der Waals surface area contributed by atoms with Gasteiger partial charge in [0.15, 0.2) is 6.04 Å². The number of carbonyl (C=O) groups is 2. The predicted octanol–water partition coefficient (Wildman–Crippen LogP) is 5.65. The number of benzene rings is 3. The first-order chi connectivity index (χ1) is 18.2. The van der Waals surface area contributed by atoms with Crippen molar-refractivity contribution in [1.29, 1.82) is 0 Å². The van der Waals surface area contributed by atoms with Crippen molar-refractivity contribution in [1.82, 2.24) is 4.98 Å². The SMILES string of the molecule is CC(C)(C)OC(=O)Nc1cccc(CC2Nc3c(Cc4ccccc4)nc(-c4ccccc4)c[n+]3C2=O)c1. The first kappa shape index (κ1) is 25.1. The molecule has 1 aliphatic heterocycles. The number of anilines is 2. The summed E-state index contributed by atoms with van der Waals surface area (Å²) in [4.78, 5) is 30.8. The maximum atomic E-state index is 13.6. The van der Waals surface area contributed by atoms with Gasteiger partial charge in [0.1, 0.15) is 23.2 Å². The van der Waals surface area contributed by atoms with Gasteiger partial charge in [-0.25, -0.2) is 14.6 Å². The van der Waals surface area contributed by atoms with Crippen molar-refractivity contribution in [3.8, 4) is 11.3 Å². The van der Waals surface area contributed by atoms with Crippen molar-refractivity contribution in [2.24, 2.45) is 0 Å². The van der Waals surface area contributed by atoms with E-state index in [9.17, 15) is 9.59 Å². The first-order valence-electron chi connectivity index (χ1n) is 12.7. The smallest absolute Gasteiger partial charge is 0.412 e. The zero-order chi connectivity index (χ0) is 26.7. The molecule has 7 heteroatoms. The minimum absolute atomic E-state index is 0.0422. The molecule has 0 radical (unpaired) electrons. The second kappa shape index (κ2) is 10.5. The molecule has 2 N–H and O–H groups in total. The minimum Gasteiger partial charge on any atom is -0.444 e. The highest BCUT2D eigenvalue weighted by molar-refractivity contribution is 5.85. The van der Waals surface area contributed by atoms with Crippen molar-refractivity contribution in [3.05, 3.63) is 108 Å². The number of ether oxygens (including phenoxy) is 1. The quantitative estimate of drug-likeness (QED) is 0.330. The maximum absolute atomic E-state index is 13.6. The Morgan fingerprint density at radius 1 is 0.974 bits per heavy atom. The molecule has 0 aliphatic carbocycles. The summed E-state index contributed by atoms with van der Waals surface area (Å²) in [5.41, 5.74) is 4.58. The van der Waals surface area contributed by atoms with E-state index in [1.807, 2.05) is 93.7 Å². The van der Waals surface area contributed by atoms with E-state index in [1.54, 1.807) is 10.6 Å². The molecule has 5 rings (SSSR count). The Kier molecular flexibility index (Phi) is 6.92. The van der Waals surface area contributed by atoms with Crippen LogP contribution in [0.1, 0.15) is 42.4 Å². The Morgan fingerprint density at radius 2 is 1.66 bits per heavy atom. The Hall–Kier alpha value is -4.52. The summed E-state index contributed by atoms with van der Waals surface area (Å²) in [6.07, 6.45) is 2.35. The summed E-state index contributed by atoms with van der Waals surface area (Å²) in [5, 5.41) is 6.20. The first-order valence-corrected chi connectivity index (χ1v) is 12.7. The van der Waals surface area contributed by atoms with Gasteiger partial charge in [0, 0.05) is 24.1 Å². The van der Waals surface area contributed by atoms with Crippen molar-refractivity contribution < 1.29 is 18.9 Å². The molecule has 0 bridgehead atoms. The lowest BCUT2D eigenvalue weighted by molar-refractivity contribution is -0.552. The molecule has 1 aliphatic rings. The van der Waals surface area contributed by atoms with Crippen LogP contribution in [-0.2, 0) is 17.6 Å². The average molecular weight is 508 g/mol. The fraction of sp³-hybridized carbons (Fsp3) is 0.226. The van der Waals surface area contributed by atoms with Crippen molar-refractivity contribution in [3.63, 3.8) is 0 Å². The highest BCUT2D eigenvalue weighted by Gasteiger charge is 2.41. The lowest BCUT2D eigenvalue weighted by atomic mass is 10.1. The topological polar surface area (TPSA) is 84.2 Å². The van der Waals surface area contributed by atoms with Gasteiger partial charge in [-0.15, -0.1) is 0 Å². The zero-order valence-electron chi connectivity index (χ0n) is 21.8. The van der Waals surface area contributed by atoms with Crippen LogP contribution in [0.4, 0.5) is 16.3 Å². The summed E-state index contributed by atoms with van der Waals surface area (Å²) < 4.78 is 7.05. The molecular formula is C31H31N4O3+. The summed E-state index contributed by atoms with van der Waals surface area (Å²) in [7, 11) is 0. The van der Waals surface area contributed by atoms with E-state index in [1.165, 1.54) is 0 Å². The normalized spacial score (nSPS) is 14.5. The van der Waals surface area contributed by atoms with Crippen molar-refractivity contribution >= 4 is 23.5 Å².